The first kappa shape index (κ1) is 24.5. The van der Waals surface area contributed by atoms with Gasteiger partial charge in [-0.2, -0.15) is 0 Å². The van der Waals surface area contributed by atoms with E-state index in [4.69, 9.17) is 21.1 Å². The molecule has 2 heterocycles. The molecule has 2 aromatic carbocycles. The van der Waals surface area contributed by atoms with Gasteiger partial charge < -0.3 is 19.3 Å². The summed E-state index contributed by atoms with van der Waals surface area (Å²) in [7, 11) is -3.52. The maximum absolute atomic E-state index is 12.8. The topological polar surface area (TPSA) is 79.4 Å². The van der Waals surface area contributed by atoms with Gasteiger partial charge in [-0.3, -0.25) is 9.10 Å². The highest BCUT2D eigenvalue weighted by molar-refractivity contribution is 7.92. The van der Waals surface area contributed by atoms with Crippen molar-refractivity contribution in [2.45, 2.75) is 19.8 Å². The van der Waals surface area contributed by atoms with E-state index < -0.39 is 10.0 Å². The van der Waals surface area contributed by atoms with Crippen molar-refractivity contribution in [3.05, 3.63) is 47.0 Å². The number of aryl methyl sites for hydroxylation is 1. The van der Waals surface area contributed by atoms with E-state index in [0.29, 0.717) is 54.9 Å². The SMILES string of the molecule is Cc1ccc(Cl)cc1N1CCN(C(=O)CCCN(c2ccc3c(c2)OCCO3)S(C)(=O)=O)CC1. The van der Waals surface area contributed by atoms with Crippen LogP contribution in [0.1, 0.15) is 18.4 Å². The van der Waals surface area contributed by atoms with Crippen LogP contribution in [-0.4, -0.2) is 71.4 Å². The highest BCUT2D eigenvalue weighted by Crippen LogP contribution is 2.35. The lowest BCUT2D eigenvalue weighted by molar-refractivity contribution is -0.131. The molecule has 0 unspecified atom stereocenters. The maximum Gasteiger partial charge on any atom is 0.232 e. The molecule has 4 rings (SSSR count). The maximum atomic E-state index is 12.8. The summed E-state index contributed by atoms with van der Waals surface area (Å²) in [6, 6.07) is 10.9. The predicted octanol–water partition coefficient (Wildman–Crippen LogP) is 3.31. The molecular formula is C24H30ClN3O5S. The molecule has 1 fully saturated rings. The summed E-state index contributed by atoms with van der Waals surface area (Å²) in [6.07, 6.45) is 1.88. The molecule has 0 bridgehead atoms. The zero-order chi connectivity index (χ0) is 24.3. The molecule has 2 aliphatic heterocycles. The number of ether oxygens (including phenoxy) is 2. The smallest absolute Gasteiger partial charge is 0.232 e. The largest absolute Gasteiger partial charge is 0.486 e. The molecule has 10 heteroatoms. The summed E-state index contributed by atoms with van der Waals surface area (Å²) in [5.74, 6) is 1.17. The molecule has 2 aromatic rings. The van der Waals surface area contributed by atoms with Gasteiger partial charge in [-0.25, -0.2) is 8.42 Å². The number of halogens is 1. The lowest BCUT2D eigenvalue weighted by Crippen LogP contribution is -2.49. The molecule has 0 saturated carbocycles. The van der Waals surface area contributed by atoms with Crippen LogP contribution in [0.5, 0.6) is 11.5 Å². The lowest BCUT2D eigenvalue weighted by atomic mass is 10.1. The van der Waals surface area contributed by atoms with Gasteiger partial charge in [-0.1, -0.05) is 17.7 Å². The molecule has 1 amide bonds. The zero-order valence-corrected chi connectivity index (χ0v) is 21.1. The molecule has 0 aliphatic carbocycles. The van der Waals surface area contributed by atoms with Gasteiger partial charge in [0.05, 0.1) is 11.9 Å². The van der Waals surface area contributed by atoms with E-state index in [1.165, 1.54) is 10.6 Å². The number of hydrogen-bond donors (Lipinski definition) is 0. The molecule has 2 aliphatic rings. The zero-order valence-electron chi connectivity index (χ0n) is 19.5. The third-order valence-corrected chi connectivity index (χ3v) is 7.54. The second-order valence-electron chi connectivity index (χ2n) is 8.57. The summed E-state index contributed by atoms with van der Waals surface area (Å²) in [5.41, 5.74) is 2.76. The van der Waals surface area contributed by atoms with Crippen LogP contribution in [0.15, 0.2) is 36.4 Å². The first-order valence-corrected chi connectivity index (χ1v) is 13.6. The summed E-state index contributed by atoms with van der Waals surface area (Å²) < 4.78 is 37.3. The highest BCUT2D eigenvalue weighted by Gasteiger charge is 2.24. The standard InChI is InChI=1S/C24H30ClN3O5S/c1-18-5-6-19(25)16-21(18)26-10-12-27(13-11-26)24(29)4-3-9-28(34(2,30)31)20-7-8-22-23(17-20)33-15-14-32-22/h5-8,16-17H,3-4,9-15H2,1-2H3. The van der Waals surface area contributed by atoms with E-state index in [1.54, 1.807) is 18.2 Å². The second-order valence-corrected chi connectivity index (χ2v) is 10.9. The van der Waals surface area contributed by atoms with Crippen LogP contribution in [0.4, 0.5) is 11.4 Å². The molecule has 1 saturated heterocycles. The molecule has 0 aromatic heterocycles. The van der Waals surface area contributed by atoms with Gasteiger partial charge in [0.1, 0.15) is 13.2 Å². The minimum Gasteiger partial charge on any atom is -0.486 e. The van der Waals surface area contributed by atoms with Gasteiger partial charge in [-0.05, 0) is 43.2 Å². The summed E-state index contributed by atoms with van der Waals surface area (Å²) >= 11 is 6.16. The summed E-state index contributed by atoms with van der Waals surface area (Å²) in [4.78, 5) is 16.9. The Morgan fingerprint density at radius 2 is 1.74 bits per heavy atom. The average Bonchev–Trinajstić information content (AvgIpc) is 2.82. The van der Waals surface area contributed by atoms with Crippen LogP contribution < -0.4 is 18.7 Å². The number of carbonyl (C=O) groups is 1. The first-order chi connectivity index (χ1) is 16.2. The molecular weight excluding hydrogens is 478 g/mol. The van der Waals surface area contributed by atoms with Gasteiger partial charge in [0, 0.05) is 55.9 Å². The van der Waals surface area contributed by atoms with Gasteiger partial charge in [0.2, 0.25) is 15.9 Å². The number of fused-ring (bicyclic) bond motifs is 1. The van der Waals surface area contributed by atoms with Crippen LogP contribution in [0.25, 0.3) is 0 Å². The highest BCUT2D eigenvalue weighted by atomic mass is 35.5. The van der Waals surface area contributed by atoms with Crippen molar-refractivity contribution in [3.8, 4) is 11.5 Å². The lowest BCUT2D eigenvalue weighted by Gasteiger charge is -2.37. The van der Waals surface area contributed by atoms with Crippen LogP contribution >= 0.6 is 11.6 Å². The number of hydrogen-bond acceptors (Lipinski definition) is 6. The molecule has 8 nitrogen and oxygen atoms in total. The van der Waals surface area contributed by atoms with Crippen molar-refractivity contribution >= 4 is 38.9 Å². The van der Waals surface area contributed by atoms with Crippen molar-refractivity contribution in [2.24, 2.45) is 0 Å². The minimum absolute atomic E-state index is 0.0399. The van der Waals surface area contributed by atoms with E-state index in [2.05, 4.69) is 11.8 Å². The van der Waals surface area contributed by atoms with E-state index >= 15 is 0 Å². The number of piperazine rings is 1. The van der Waals surface area contributed by atoms with E-state index in [-0.39, 0.29) is 18.9 Å². The number of rotatable bonds is 7. The fourth-order valence-electron chi connectivity index (χ4n) is 4.33. The van der Waals surface area contributed by atoms with Crippen molar-refractivity contribution in [2.75, 3.05) is 61.4 Å². The quantitative estimate of drug-likeness (QED) is 0.572. The Morgan fingerprint density at radius 3 is 2.44 bits per heavy atom. The van der Waals surface area contributed by atoms with Crippen molar-refractivity contribution in [1.29, 1.82) is 0 Å². The number of carbonyl (C=O) groups excluding carboxylic acids is 1. The van der Waals surface area contributed by atoms with E-state index in [1.807, 2.05) is 23.1 Å². The number of anilines is 2. The third-order valence-electron chi connectivity index (χ3n) is 6.11. The number of amides is 1. The second kappa shape index (κ2) is 10.3. The Kier molecular flexibility index (Phi) is 7.42. The molecule has 34 heavy (non-hydrogen) atoms. The van der Waals surface area contributed by atoms with Gasteiger partial charge in [0.25, 0.3) is 0 Å². The van der Waals surface area contributed by atoms with E-state index in [0.717, 1.165) is 24.3 Å². The molecule has 0 spiro atoms. The Bertz CT molecular complexity index is 1150. The van der Waals surface area contributed by atoms with Crippen LogP contribution in [0.2, 0.25) is 5.02 Å². The van der Waals surface area contributed by atoms with Crippen molar-refractivity contribution in [3.63, 3.8) is 0 Å². The van der Waals surface area contributed by atoms with Crippen LogP contribution in [-0.2, 0) is 14.8 Å². The number of benzene rings is 2. The predicted molar refractivity (Wildman–Crippen MR) is 134 cm³/mol. The summed E-state index contributed by atoms with van der Waals surface area (Å²) in [6.45, 7) is 5.89. The molecule has 184 valence electrons. The minimum atomic E-state index is -3.52. The Morgan fingerprint density at radius 1 is 1.03 bits per heavy atom. The number of sulfonamides is 1. The van der Waals surface area contributed by atoms with E-state index in [9.17, 15) is 13.2 Å². The van der Waals surface area contributed by atoms with Crippen LogP contribution in [0, 0.1) is 6.92 Å². The molecule has 0 N–H and O–H groups in total. The Labute approximate surface area is 206 Å². The van der Waals surface area contributed by atoms with Gasteiger partial charge >= 0.3 is 0 Å². The normalized spacial score (nSPS) is 15.9. The Balaban J connectivity index is 1.32. The first-order valence-electron chi connectivity index (χ1n) is 11.4. The summed E-state index contributed by atoms with van der Waals surface area (Å²) in [5, 5.41) is 0.701. The third kappa shape index (κ3) is 5.70. The van der Waals surface area contributed by atoms with Crippen molar-refractivity contribution in [1.82, 2.24) is 4.90 Å². The number of nitrogens with zero attached hydrogens (tertiary/aromatic N) is 3. The fourth-order valence-corrected chi connectivity index (χ4v) is 5.45. The fraction of sp³-hybridized carbons (Fsp3) is 0.458. The Hall–Kier alpha value is -2.65. The van der Waals surface area contributed by atoms with Crippen molar-refractivity contribution < 1.29 is 22.7 Å². The van der Waals surface area contributed by atoms with Gasteiger partial charge in [-0.15, -0.1) is 0 Å². The van der Waals surface area contributed by atoms with Crippen LogP contribution in [0.3, 0.4) is 0 Å². The molecule has 0 atom stereocenters. The average molecular weight is 508 g/mol. The van der Waals surface area contributed by atoms with Gasteiger partial charge in [0.15, 0.2) is 11.5 Å². The monoisotopic (exact) mass is 507 g/mol. The molecule has 0 radical (unpaired) electrons.